The smallest absolute Gasteiger partial charge is 0.252 e. The van der Waals surface area contributed by atoms with E-state index in [-0.39, 0.29) is 5.91 Å². The van der Waals surface area contributed by atoms with Crippen molar-refractivity contribution >= 4 is 28.5 Å². The van der Waals surface area contributed by atoms with Crippen molar-refractivity contribution in [1.29, 1.82) is 0 Å². The van der Waals surface area contributed by atoms with Crippen LogP contribution in [-0.4, -0.2) is 28.6 Å². The number of benzene rings is 3. The fourth-order valence-electron chi connectivity index (χ4n) is 4.03. The first-order valence-electron chi connectivity index (χ1n) is 11.8. The minimum absolute atomic E-state index is 0.146. The lowest BCUT2D eigenvalue weighted by molar-refractivity contribution is 0.0953. The van der Waals surface area contributed by atoms with E-state index in [4.69, 9.17) is 21.3 Å². The molecule has 176 valence electrons. The van der Waals surface area contributed by atoms with Gasteiger partial charge in [0, 0.05) is 19.5 Å². The van der Waals surface area contributed by atoms with Crippen molar-refractivity contribution < 1.29 is 9.53 Å². The van der Waals surface area contributed by atoms with Gasteiger partial charge in [0.1, 0.15) is 11.6 Å². The number of nitrogens with zero attached hydrogens (tertiary/aromatic N) is 2. The maximum absolute atomic E-state index is 12.4. The molecule has 5 nitrogen and oxygen atoms in total. The van der Waals surface area contributed by atoms with Crippen molar-refractivity contribution in [2.75, 3.05) is 13.2 Å². The van der Waals surface area contributed by atoms with Crippen LogP contribution in [0.15, 0.2) is 72.8 Å². The van der Waals surface area contributed by atoms with Gasteiger partial charge in [-0.05, 0) is 62.1 Å². The van der Waals surface area contributed by atoms with E-state index in [1.54, 1.807) is 12.1 Å². The zero-order valence-electron chi connectivity index (χ0n) is 19.5. The third-order valence-electron chi connectivity index (χ3n) is 5.84. The molecule has 0 atom stereocenters. The van der Waals surface area contributed by atoms with Crippen molar-refractivity contribution in [3.8, 4) is 5.75 Å². The van der Waals surface area contributed by atoms with E-state index in [2.05, 4.69) is 41.1 Å². The molecule has 0 aliphatic carbocycles. The summed E-state index contributed by atoms with van der Waals surface area (Å²) in [6, 6.07) is 23.4. The van der Waals surface area contributed by atoms with E-state index < -0.39 is 0 Å². The summed E-state index contributed by atoms with van der Waals surface area (Å²) in [6.07, 6.45) is 3.56. The van der Waals surface area contributed by atoms with Gasteiger partial charge in [-0.1, -0.05) is 54.1 Å². The second-order valence-electron chi connectivity index (χ2n) is 8.33. The monoisotopic (exact) mass is 475 g/mol. The van der Waals surface area contributed by atoms with Crippen LogP contribution in [0.3, 0.4) is 0 Å². The summed E-state index contributed by atoms with van der Waals surface area (Å²) < 4.78 is 8.25. The number of amides is 1. The van der Waals surface area contributed by atoms with E-state index in [1.807, 2.05) is 36.4 Å². The van der Waals surface area contributed by atoms with Crippen molar-refractivity contribution in [3.05, 3.63) is 94.8 Å². The Bertz CT molecular complexity index is 1250. The molecule has 0 fully saturated rings. The number of ether oxygens (including phenoxy) is 1. The molecule has 1 aromatic heterocycles. The number of aromatic nitrogens is 2. The standard InChI is InChI=1S/C28H30ClN3O2/c1-21-11-2-7-16-26(21)34-20-9-8-19-32-25-15-6-5-14-24(25)31-27(32)17-10-18-30-28(33)22-12-3-4-13-23(22)29/h2-7,11-16H,8-10,17-20H2,1H3,(H,30,33). The fourth-order valence-corrected chi connectivity index (χ4v) is 4.25. The van der Waals surface area contributed by atoms with E-state index in [1.165, 1.54) is 0 Å². The van der Waals surface area contributed by atoms with Crippen LogP contribution in [0.4, 0.5) is 0 Å². The lowest BCUT2D eigenvalue weighted by Crippen LogP contribution is -2.25. The van der Waals surface area contributed by atoms with E-state index in [0.717, 1.165) is 60.4 Å². The topological polar surface area (TPSA) is 56.1 Å². The maximum Gasteiger partial charge on any atom is 0.252 e. The lowest BCUT2D eigenvalue weighted by Gasteiger charge is -2.11. The molecule has 34 heavy (non-hydrogen) atoms. The van der Waals surface area contributed by atoms with Crippen molar-refractivity contribution in [1.82, 2.24) is 14.9 Å². The molecular weight excluding hydrogens is 446 g/mol. The van der Waals surface area contributed by atoms with Crippen LogP contribution in [0.25, 0.3) is 11.0 Å². The zero-order chi connectivity index (χ0) is 23.8. The molecule has 6 heteroatoms. The molecule has 4 aromatic rings. The Balaban J connectivity index is 1.30. The normalized spacial score (nSPS) is 11.0. The molecule has 0 radical (unpaired) electrons. The fraction of sp³-hybridized carbons (Fsp3) is 0.286. The molecule has 0 aliphatic rings. The second-order valence-corrected chi connectivity index (χ2v) is 8.74. The number of fused-ring (bicyclic) bond motifs is 1. The van der Waals surface area contributed by atoms with Crippen LogP contribution < -0.4 is 10.1 Å². The number of para-hydroxylation sites is 3. The minimum atomic E-state index is -0.146. The van der Waals surface area contributed by atoms with Crippen molar-refractivity contribution in [3.63, 3.8) is 0 Å². The molecule has 0 bridgehead atoms. The van der Waals surface area contributed by atoms with Gasteiger partial charge in [0.15, 0.2) is 0 Å². The highest BCUT2D eigenvalue weighted by atomic mass is 35.5. The molecule has 4 rings (SSSR count). The first kappa shape index (κ1) is 23.8. The second kappa shape index (κ2) is 11.7. The summed E-state index contributed by atoms with van der Waals surface area (Å²) in [4.78, 5) is 17.2. The van der Waals surface area contributed by atoms with Gasteiger partial charge in [0.2, 0.25) is 0 Å². The van der Waals surface area contributed by atoms with Gasteiger partial charge in [-0.3, -0.25) is 4.79 Å². The van der Waals surface area contributed by atoms with E-state index in [0.29, 0.717) is 23.7 Å². The van der Waals surface area contributed by atoms with Crippen LogP contribution in [0.2, 0.25) is 5.02 Å². The molecule has 1 heterocycles. The SMILES string of the molecule is Cc1ccccc1OCCCCn1c(CCCNC(=O)c2ccccc2Cl)nc2ccccc21. The number of rotatable bonds is 11. The number of unbranched alkanes of at least 4 members (excludes halogenated alkanes) is 1. The van der Waals surface area contributed by atoms with Gasteiger partial charge >= 0.3 is 0 Å². The van der Waals surface area contributed by atoms with E-state index >= 15 is 0 Å². The Hall–Kier alpha value is -3.31. The van der Waals surface area contributed by atoms with Crippen LogP contribution in [0.5, 0.6) is 5.75 Å². The number of halogens is 1. The van der Waals surface area contributed by atoms with Gasteiger partial charge in [0.05, 0.1) is 28.2 Å². The Kier molecular flexibility index (Phi) is 8.21. The zero-order valence-corrected chi connectivity index (χ0v) is 20.2. The molecule has 0 saturated carbocycles. The molecule has 1 N–H and O–H groups in total. The molecule has 0 saturated heterocycles. The van der Waals surface area contributed by atoms with E-state index in [9.17, 15) is 4.79 Å². The molecule has 0 aliphatic heterocycles. The summed E-state index contributed by atoms with van der Waals surface area (Å²) in [5.74, 6) is 1.86. The molecule has 3 aromatic carbocycles. The molecular formula is C28H30ClN3O2. The molecule has 0 unspecified atom stereocenters. The summed E-state index contributed by atoms with van der Waals surface area (Å²) in [5.41, 5.74) is 3.82. The average molecular weight is 476 g/mol. The summed E-state index contributed by atoms with van der Waals surface area (Å²) >= 11 is 6.12. The van der Waals surface area contributed by atoms with Crippen molar-refractivity contribution in [2.24, 2.45) is 0 Å². The number of carbonyl (C=O) groups excluding carboxylic acids is 1. The van der Waals surface area contributed by atoms with Gasteiger partial charge in [0.25, 0.3) is 5.91 Å². The number of carbonyl (C=O) groups is 1. The number of imidazole rings is 1. The predicted molar refractivity (Wildman–Crippen MR) is 138 cm³/mol. The third kappa shape index (κ3) is 5.97. The Labute approximate surface area is 205 Å². The van der Waals surface area contributed by atoms with Crippen LogP contribution in [-0.2, 0) is 13.0 Å². The first-order chi connectivity index (χ1) is 16.6. The largest absolute Gasteiger partial charge is 0.493 e. The number of aryl methyl sites for hydroxylation is 3. The number of hydrogen-bond donors (Lipinski definition) is 1. The third-order valence-corrected chi connectivity index (χ3v) is 6.17. The van der Waals surface area contributed by atoms with Crippen LogP contribution in [0.1, 0.15) is 41.0 Å². The Morgan fingerprint density at radius 1 is 0.971 bits per heavy atom. The maximum atomic E-state index is 12.4. The number of hydrogen-bond acceptors (Lipinski definition) is 3. The molecule has 1 amide bonds. The predicted octanol–water partition coefficient (Wildman–Crippen LogP) is 6.22. The van der Waals surface area contributed by atoms with Gasteiger partial charge < -0.3 is 14.6 Å². The van der Waals surface area contributed by atoms with Crippen molar-refractivity contribution in [2.45, 2.75) is 39.2 Å². The summed E-state index contributed by atoms with van der Waals surface area (Å²) in [7, 11) is 0. The van der Waals surface area contributed by atoms with Gasteiger partial charge in [-0.2, -0.15) is 0 Å². The highest BCUT2D eigenvalue weighted by Crippen LogP contribution is 2.20. The lowest BCUT2D eigenvalue weighted by atomic mass is 10.2. The Morgan fingerprint density at radius 3 is 2.59 bits per heavy atom. The molecule has 0 spiro atoms. The quantitative estimate of drug-likeness (QED) is 0.262. The average Bonchev–Trinajstić information content (AvgIpc) is 3.20. The number of nitrogens with one attached hydrogen (secondary N) is 1. The highest BCUT2D eigenvalue weighted by Gasteiger charge is 2.12. The van der Waals surface area contributed by atoms with Gasteiger partial charge in [-0.25, -0.2) is 4.98 Å². The summed E-state index contributed by atoms with van der Waals surface area (Å²) in [5, 5.41) is 3.43. The minimum Gasteiger partial charge on any atom is -0.493 e. The van der Waals surface area contributed by atoms with Crippen LogP contribution >= 0.6 is 11.6 Å². The van der Waals surface area contributed by atoms with Crippen LogP contribution in [0, 0.1) is 6.92 Å². The summed E-state index contributed by atoms with van der Waals surface area (Å²) in [6.45, 7) is 4.22. The highest BCUT2D eigenvalue weighted by molar-refractivity contribution is 6.33. The first-order valence-corrected chi connectivity index (χ1v) is 12.2. The van der Waals surface area contributed by atoms with Gasteiger partial charge in [-0.15, -0.1) is 0 Å². The Morgan fingerprint density at radius 2 is 1.74 bits per heavy atom.